The lowest BCUT2D eigenvalue weighted by atomic mass is 9.81. The molecular formula is C18H23N3O4. The third-order valence-corrected chi connectivity index (χ3v) is 4.72. The number of benzene rings is 1. The zero-order chi connectivity index (χ0) is 17.8. The molecule has 1 aromatic carbocycles. The molecule has 0 saturated heterocycles. The van der Waals surface area contributed by atoms with Crippen LogP contribution in [0.4, 0.5) is 16.2 Å². The van der Waals surface area contributed by atoms with Crippen molar-refractivity contribution in [2.24, 2.45) is 11.8 Å². The van der Waals surface area contributed by atoms with Crippen LogP contribution >= 0.6 is 0 Å². The number of carboxylic acid groups (broad SMARTS) is 1. The first-order chi connectivity index (χ1) is 12.0. The minimum atomic E-state index is -0.822. The number of carboxylic acids is 1. The van der Waals surface area contributed by atoms with E-state index in [1.807, 2.05) is 0 Å². The highest BCUT2D eigenvalue weighted by molar-refractivity contribution is 5.94. The van der Waals surface area contributed by atoms with Crippen molar-refractivity contribution in [2.45, 2.75) is 44.6 Å². The maximum absolute atomic E-state index is 12.3. The summed E-state index contributed by atoms with van der Waals surface area (Å²) < 4.78 is 0. The van der Waals surface area contributed by atoms with E-state index >= 15 is 0 Å². The maximum Gasteiger partial charge on any atom is 0.319 e. The van der Waals surface area contributed by atoms with Gasteiger partial charge in [-0.2, -0.15) is 0 Å². The predicted molar refractivity (Wildman–Crippen MR) is 93.3 cm³/mol. The van der Waals surface area contributed by atoms with Crippen LogP contribution in [0.5, 0.6) is 0 Å². The van der Waals surface area contributed by atoms with Gasteiger partial charge in [-0.1, -0.05) is 6.42 Å². The van der Waals surface area contributed by atoms with E-state index in [0.29, 0.717) is 30.3 Å². The van der Waals surface area contributed by atoms with Gasteiger partial charge in [0.05, 0.1) is 5.92 Å². The van der Waals surface area contributed by atoms with E-state index in [9.17, 15) is 14.4 Å². The molecule has 1 aromatic rings. The maximum atomic E-state index is 12.3. The Morgan fingerprint density at radius 3 is 2.08 bits per heavy atom. The molecule has 0 spiro atoms. The molecular weight excluding hydrogens is 322 g/mol. The molecule has 2 aliphatic carbocycles. The van der Waals surface area contributed by atoms with Gasteiger partial charge in [0.15, 0.2) is 0 Å². The van der Waals surface area contributed by atoms with Gasteiger partial charge < -0.3 is 21.1 Å². The van der Waals surface area contributed by atoms with Gasteiger partial charge in [-0.3, -0.25) is 9.59 Å². The normalized spacial score (nSPS) is 22.7. The van der Waals surface area contributed by atoms with Crippen molar-refractivity contribution < 1.29 is 19.5 Å². The molecule has 2 aliphatic rings. The van der Waals surface area contributed by atoms with Gasteiger partial charge in [-0.25, -0.2) is 4.79 Å². The van der Waals surface area contributed by atoms with E-state index in [4.69, 9.17) is 5.11 Å². The number of carbonyl (C=O) groups is 3. The standard InChI is InChI=1S/C18H23N3O4/c22-16(11-2-1-3-12(10-11)17(23)24)19-13-4-6-14(7-5-13)20-18(25)21-15-8-9-15/h4-7,11-12,15H,1-3,8-10H2,(H,19,22)(H,23,24)(H2,20,21,25). The van der Waals surface area contributed by atoms with Gasteiger partial charge in [0.25, 0.3) is 0 Å². The summed E-state index contributed by atoms with van der Waals surface area (Å²) in [5, 5.41) is 17.5. The van der Waals surface area contributed by atoms with Crippen LogP contribution in [0.3, 0.4) is 0 Å². The topological polar surface area (TPSA) is 108 Å². The zero-order valence-electron chi connectivity index (χ0n) is 14.0. The van der Waals surface area contributed by atoms with E-state index in [-0.39, 0.29) is 17.9 Å². The van der Waals surface area contributed by atoms with Crippen molar-refractivity contribution in [3.8, 4) is 0 Å². The molecule has 7 heteroatoms. The highest BCUT2D eigenvalue weighted by Crippen LogP contribution is 2.30. The summed E-state index contributed by atoms with van der Waals surface area (Å²) in [5.74, 6) is -1.66. The molecule has 7 nitrogen and oxygen atoms in total. The molecule has 2 fully saturated rings. The number of nitrogens with one attached hydrogen (secondary N) is 3. The molecule has 0 bridgehead atoms. The first-order valence-electron chi connectivity index (χ1n) is 8.72. The molecule has 3 rings (SSSR count). The third kappa shape index (κ3) is 4.95. The summed E-state index contributed by atoms with van der Waals surface area (Å²) in [5.41, 5.74) is 1.29. The van der Waals surface area contributed by atoms with E-state index in [0.717, 1.165) is 25.7 Å². The van der Waals surface area contributed by atoms with E-state index in [2.05, 4.69) is 16.0 Å². The first-order valence-corrected chi connectivity index (χ1v) is 8.72. The van der Waals surface area contributed by atoms with Gasteiger partial charge in [-0.15, -0.1) is 0 Å². The fourth-order valence-electron chi connectivity index (χ4n) is 3.11. The molecule has 0 heterocycles. The van der Waals surface area contributed by atoms with Gasteiger partial charge in [-0.05, 0) is 56.4 Å². The zero-order valence-corrected chi connectivity index (χ0v) is 14.0. The van der Waals surface area contributed by atoms with Crippen LogP contribution in [-0.2, 0) is 9.59 Å². The molecule has 4 N–H and O–H groups in total. The van der Waals surface area contributed by atoms with Crippen molar-refractivity contribution in [3.05, 3.63) is 24.3 Å². The van der Waals surface area contributed by atoms with Crippen molar-refractivity contribution >= 4 is 29.3 Å². The lowest BCUT2D eigenvalue weighted by Crippen LogP contribution is -2.31. The minimum absolute atomic E-state index is 0.141. The molecule has 0 aromatic heterocycles. The van der Waals surface area contributed by atoms with Gasteiger partial charge >= 0.3 is 12.0 Å². The summed E-state index contributed by atoms with van der Waals surface area (Å²) in [6.45, 7) is 0. The Hall–Kier alpha value is -2.57. The van der Waals surface area contributed by atoms with Crippen molar-refractivity contribution in [1.82, 2.24) is 5.32 Å². The van der Waals surface area contributed by atoms with Crippen LogP contribution in [0.1, 0.15) is 38.5 Å². The number of amides is 3. The highest BCUT2D eigenvalue weighted by Gasteiger charge is 2.31. The summed E-state index contributed by atoms with van der Waals surface area (Å²) in [7, 11) is 0. The van der Waals surface area contributed by atoms with Crippen LogP contribution in [0.25, 0.3) is 0 Å². The number of rotatable bonds is 5. The number of hydrogen-bond acceptors (Lipinski definition) is 3. The Balaban J connectivity index is 1.51. The van der Waals surface area contributed by atoms with E-state index < -0.39 is 11.9 Å². The largest absolute Gasteiger partial charge is 0.481 e. The van der Waals surface area contributed by atoms with Crippen molar-refractivity contribution in [1.29, 1.82) is 0 Å². The number of anilines is 2. The molecule has 2 unspecified atom stereocenters. The number of aliphatic carboxylic acids is 1. The number of hydrogen-bond donors (Lipinski definition) is 4. The molecule has 0 radical (unpaired) electrons. The Bertz CT molecular complexity index is 655. The Morgan fingerprint density at radius 1 is 0.880 bits per heavy atom. The molecule has 134 valence electrons. The van der Waals surface area contributed by atoms with Crippen molar-refractivity contribution in [3.63, 3.8) is 0 Å². The average molecular weight is 345 g/mol. The monoisotopic (exact) mass is 345 g/mol. The Labute approximate surface area is 146 Å². The summed E-state index contributed by atoms with van der Waals surface area (Å²) in [6, 6.07) is 6.97. The smallest absolute Gasteiger partial charge is 0.319 e. The molecule has 0 aliphatic heterocycles. The predicted octanol–water partition coefficient (Wildman–Crippen LogP) is 2.80. The fourth-order valence-corrected chi connectivity index (χ4v) is 3.11. The van der Waals surface area contributed by atoms with Gasteiger partial charge in [0, 0.05) is 23.3 Å². The summed E-state index contributed by atoms with van der Waals surface area (Å²) in [6.07, 6.45) is 4.57. The summed E-state index contributed by atoms with van der Waals surface area (Å²) in [4.78, 5) is 35.1. The second-order valence-electron chi connectivity index (χ2n) is 6.84. The van der Waals surface area contributed by atoms with E-state index in [1.54, 1.807) is 24.3 Å². The Morgan fingerprint density at radius 2 is 1.48 bits per heavy atom. The van der Waals surface area contributed by atoms with Crippen LogP contribution in [0.2, 0.25) is 0 Å². The van der Waals surface area contributed by atoms with Crippen LogP contribution in [0, 0.1) is 11.8 Å². The second kappa shape index (κ2) is 7.55. The average Bonchev–Trinajstić information content (AvgIpc) is 3.40. The molecule has 3 amide bonds. The summed E-state index contributed by atoms with van der Waals surface area (Å²) >= 11 is 0. The van der Waals surface area contributed by atoms with Crippen LogP contribution in [-0.4, -0.2) is 29.1 Å². The van der Waals surface area contributed by atoms with E-state index in [1.165, 1.54) is 0 Å². The lowest BCUT2D eigenvalue weighted by Gasteiger charge is -2.25. The Kier molecular flexibility index (Phi) is 5.21. The highest BCUT2D eigenvalue weighted by atomic mass is 16.4. The quantitative estimate of drug-likeness (QED) is 0.658. The first kappa shape index (κ1) is 17.3. The molecule has 2 atom stereocenters. The fraction of sp³-hybridized carbons (Fsp3) is 0.500. The van der Waals surface area contributed by atoms with Crippen molar-refractivity contribution in [2.75, 3.05) is 10.6 Å². The molecule has 25 heavy (non-hydrogen) atoms. The second-order valence-corrected chi connectivity index (χ2v) is 6.84. The SMILES string of the molecule is O=C(Nc1ccc(NC(=O)C2CCCC(C(=O)O)C2)cc1)NC1CC1. The van der Waals surface area contributed by atoms with Gasteiger partial charge in [0.1, 0.15) is 0 Å². The van der Waals surface area contributed by atoms with Crippen LogP contribution in [0.15, 0.2) is 24.3 Å². The van der Waals surface area contributed by atoms with Gasteiger partial charge in [0.2, 0.25) is 5.91 Å². The minimum Gasteiger partial charge on any atom is -0.481 e. The third-order valence-electron chi connectivity index (χ3n) is 4.72. The molecule has 2 saturated carbocycles. The number of carbonyl (C=O) groups excluding carboxylic acids is 2. The van der Waals surface area contributed by atoms with Crippen LogP contribution < -0.4 is 16.0 Å². The number of urea groups is 1. The lowest BCUT2D eigenvalue weighted by molar-refractivity contribution is -0.143.